The van der Waals surface area contributed by atoms with Crippen LogP contribution in [0, 0.1) is 0 Å². The molecule has 0 aliphatic carbocycles. The summed E-state index contributed by atoms with van der Waals surface area (Å²) in [5, 5.41) is 2.18. The molecule has 1 heterocycles. The highest BCUT2D eigenvalue weighted by atomic mass is 28.3. The summed E-state index contributed by atoms with van der Waals surface area (Å²) in [6.45, 7) is 22.3. The van der Waals surface area contributed by atoms with Crippen LogP contribution in [0.1, 0.15) is 48.5 Å². The van der Waals surface area contributed by atoms with Gasteiger partial charge in [0.1, 0.15) is 0 Å². The fraction of sp³-hybridized carbons (Fsp3) is 0.385. The van der Waals surface area contributed by atoms with Crippen molar-refractivity contribution in [1.82, 2.24) is 0 Å². The van der Waals surface area contributed by atoms with Crippen molar-refractivity contribution in [2.24, 2.45) is 0 Å². The van der Waals surface area contributed by atoms with Gasteiger partial charge in [0.15, 0.2) is 0 Å². The summed E-state index contributed by atoms with van der Waals surface area (Å²) < 4.78 is 20.7. The molecule has 0 radical (unpaired) electrons. The lowest BCUT2D eigenvalue weighted by molar-refractivity contribution is 0.00578. The zero-order chi connectivity index (χ0) is 23.1. The van der Waals surface area contributed by atoms with Crippen molar-refractivity contribution in [3.8, 4) is 0 Å². The first-order chi connectivity index (χ1) is 14.4. The van der Waals surface area contributed by atoms with Gasteiger partial charge >= 0.3 is 6.71 Å². The van der Waals surface area contributed by atoms with Gasteiger partial charge in [0.2, 0.25) is 0 Å². The molecule has 1 aliphatic heterocycles. The zero-order valence-electron chi connectivity index (χ0n) is 20.0. The minimum Gasteiger partial charge on any atom is -0.404 e. The summed E-state index contributed by atoms with van der Waals surface area (Å²) >= 11 is 0. The third-order valence-electron chi connectivity index (χ3n) is 6.98. The Morgan fingerprint density at radius 2 is 1.16 bits per heavy atom. The van der Waals surface area contributed by atoms with Crippen LogP contribution in [-0.4, -0.2) is 31.7 Å². The molecule has 3 rings (SSSR count). The maximum absolute atomic E-state index is 7.28. The topological polar surface area (TPSA) is 27.7 Å². The second-order valence-corrected chi connectivity index (χ2v) is 13.1. The number of benzene rings is 2. The van der Waals surface area contributed by atoms with Crippen molar-refractivity contribution in [3.63, 3.8) is 0 Å². The lowest BCUT2D eigenvalue weighted by Crippen LogP contribution is -2.74. The van der Waals surface area contributed by atoms with E-state index in [-0.39, 0.29) is 0 Å². The second kappa shape index (κ2) is 8.21. The molecular weight excluding hydrogens is 399 g/mol. The predicted molar refractivity (Wildman–Crippen MR) is 133 cm³/mol. The minimum atomic E-state index is -3.12. The van der Waals surface area contributed by atoms with Gasteiger partial charge < -0.3 is 13.7 Å². The molecule has 0 N–H and O–H groups in total. The SMILES string of the molecule is C=C(C)C(C)(O[Si](B1OC(C)(C)C(C)(C)O1)(c1ccccc1)c1ccccc1)C(=C)C. The second-order valence-electron chi connectivity index (χ2n) is 9.75. The van der Waals surface area contributed by atoms with Crippen LogP contribution in [0.3, 0.4) is 0 Å². The van der Waals surface area contributed by atoms with Crippen LogP contribution in [0.2, 0.25) is 0 Å². The van der Waals surface area contributed by atoms with E-state index in [9.17, 15) is 0 Å². The van der Waals surface area contributed by atoms with Crippen molar-refractivity contribution < 1.29 is 13.7 Å². The zero-order valence-corrected chi connectivity index (χ0v) is 21.0. The van der Waals surface area contributed by atoms with E-state index < -0.39 is 31.7 Å². The fourth-order valence-corrected chi connectivity index (χ4v) is 8.34. The molecule has 1 fully saturated rings. The van der Waals surface area contributed by atoms with E-state index >= 15 is 0 Å². The molecule has 0 spiro atoms. The van der Waals surface area contributed by atoms with Crippen molar-refractivity contribution in [2.45, 2.75) is 65.3 Å². The molecule has 164 valence electrons. The van der Waals surface area contributed by atoms with Gasteiger partial charge in [-0.05, 0) is 70.0 Å². The maximum Gasteiger partial charge on any atom is 0.479 e. The first-order valence-electron chi connectivity index (χ1n) is 10.9. The molecule has 1 aliphatic rings. The number of hydrogen-bond acceptors (Lipinski definition) is 3. The molecule has 0 amide bonds. The molecule has 2 aromatic rings. The van der Waals surface area contributed by atoms with Gasteiger partial charge in [-0.3, -0.25) is 0 Å². The van der Waals surface area contributed by atoms with Gasteiger partial charge in [0.25, 0.3) is 8.19 Å². The third kappa shape index (κ3) is 4.00. The Morgan fingerprint density at radius 3 is 1.48 bits per heavy atom. The summed E-state index contributed by atoms with van der Waals surface area (Å²) in [4.78, 5) is 0. The van der Waals surface area contributed by atoms with Crippen molar-refractivity contribution in [2.75, 3.05) is 0 Å². The van der Waals surface area contributed by atoms with E-state index in [0.717, 1.165) is 21.5 Å². The smallest absolute Gasteiger partial charge is 0.404 e. The predicted octanol–water partition coefficient (Wildman–Crippen LogP) is 4.84. The first kappa shape index (κ1) is 23.7. The van der Waals surface area contributed by atoms with Gasteiger partial charge in [-0.25, -0.2) is 0 Å². The average Bonchev–Trinajstić information content (AvgIpc) is 2.94. The molecule has 5 heteroatoms. The van der Waals surface area contributed by atoms with Crippen LogP contribution in [0.5, 0.6) is 0 Å². The lowest BCUT2D eigenvalue weighted by atomic mass is 9.90. The van der Waals surface area contributed by atoms with Gasteiger partial charge in [0, 0.05) is 0 Å². The van der Waals surface area contributed by atoms with Crippen LogP contribution in [0.4, 0.5) is 0 Å². The Balaban J connectivity index is 2.33. The Bertz CT molecular complexity index is 884. The molecule has 3 nitrogen and oxygen atoms in total. The van der Waals surface area contributed by atoms with Gasteiger partial charge in [-0.15, -0.1) is 0 Å². The van der Waals surface area contributed by atoms with Gasteiger partial charge in [-0.2, -0.15) is 0 Å². The molecule has 0 unspecified atom stereocenters. The molecular formula is C26H35BO3Si. The van der Waals surface area contributed by atoms with Crippen LogP contribution < -0.4 is 10.4 Å². The van der Waals surface area contributed by atoms with E-state index in [4.69, 9.17) is 13.7 Å². The van der Waals surface area contributed by atoms with E-state index in [0.29, 0.717) is 0 Å². The van der Waals surface area contributed by atoms with Crippen LogP contribution in [0.25, 0.3) is 0 Å². The molecule has 31 heavy (non-hydrogen) atoms. The Hall–Kier alpha value is -1.92. The quantitative estimate of drug-likeness (QED) is 0.461. The summed E-state index contributed by atoms with van der Waals surface area (Å²) in [6, 6.07) is 20.7. The summed E-state index contributed by atoms with van der Waals surface area (Å²) in [5.74, 6) is 0. The lowest BCUT2D eigenvalue weighted by Gasteiger charge is -2.43. The highest BCUT2D eigenvalue weighted by Crippen LogP contribution is 2.41. The Morgan fingerprint density at radius 1 is 0.806 bits per heavy atom. The molecule has 0 bridgehead atoms. The average molecular weight is 434 g/mol. The largest absolute Gasteiger partial charge is 0.479 e. The van der Waals surface area contributed by atoms with Gasteiger partial charge in [0.05, 0.1) is 16.8 Å². The summed E-state index contributed by atoms with van der Waals surface area (Å²) in [6.07, 6.45) is 0. The minimum absolute atomic E-state index is 0.480. The molecule has 0 atom stereocenters. The normalized spacial score (nSPS) is 18.1. The number of hydrogen-bond donors (Lipinski definition) is 0. The molecule has 2 aromatic carbocycles. The van der Waals surface area contributed by atoms with Crippen molar-refractivity contribution >= 4 is 25.3 Å². The van der Waals surface area contributed by atoms with E-state index in [1.807, 2.05) is 50.2 Å². The molecule has 0 aromatic heterocycles. The van der Waals surface area contributed by atoms with Crippen molar-refractivity contribution in [1.29, 1.82) is 0 Å². The Kier molecular flexibility index (Phi) is 6.29. The van der Waals surface area contributed by atoms with E-state index in [1.165, 1.54) is 0 Å². The first-order valence-corrected chi connectivity index (χ1v) is 12.8. The van der Waals surface area contributed by atoms with Crippen LogP contribution in [-0.2, 0) is 13.7 Å². The summed E-state index contributed by atoms with van der Waals surface area (Å²) in [7, 11) is -3.12. The standard InChI is InChI=1S/C26H35BO3Si/c1-20(2)26(9,21(3)4)30-31(22-16-12-10-13-17-22,23-18-14-11-15-19-23)27-28-24(5,6)25(7,8)29-27/h10-19H,1,3H2,2,4-9H3. The highest BCUT2D eigenvalue weighted by molar-refractivity contribution is 7.37. The highest BCUT2D eigenvalue weighted by Gasteiger charge is 2.65. The van der Waals surface area contributed by atoms with E-state index in [2.05, 4.69) is 72.0 Å². The van der Waals surface area contributed by atoms with Crippen LogP contribution in [0.15, 0.2) is 85.0 Å². The Labute approximate surface area is 189 Å². The fourth-order valence-electron chi connectivity index (χ4n) is 3.85. The monoisotopic (exact) mass is 434 g/mol. The van der Waals surface area contributed by atoms with E-state index in [1.54, 1.807) is 0 Å². The molecule has 0 saturated carbocycles. The molecule has 1 saturated heterocycles. The number of rotatable bonds is 7. The maximum atomic E-state index is 7.28. The van der Waals surface area contributed by atoms with Gasteiger partial charge in [-0.1, -0.05) is 73.8 Å². The van der Waals surface area contributed by atoms with Crippen LogP contribution >= 0.6 is 0 Å². The third-order valence-corrected chi connectivity index (χ3v) is 11.0. The van der Waals surface area contributed by atoms with Crippen molar-refractivity contribution in [3.05, 3.63) is 85.0 Å². The summed E-state index contributed by atoms with van der Waals surface area (Å²) in [5.41, 5.74) is 0.110.